The van der Waals surface area contributed by atoms with Gasteiger partial charge in [0.2, 0.25) is 0 Å². The molecule has 0 aliphatic rings. The van der Waals surface area contributed by atoms with Gasteiger partial charge in [0.05, 0.1) is 6.04 Å². The van der Waals surface area contributed by atoms with Gasteiger partial charge in [0, 0.05) is 18.1 Å². The molecule has 1 unspecified atom stereocenters. The maximum Gasteiger partial charge on any atom is 0.161 e. The Hall–Kier alpha value is -2.95. The third-order valence-corrected chi connectivity index (χ3v) is 3.56. The normalized spacial score (nSPS) is 13.2. The first kappa shape index (κ1) is 15.0. The Morgan fingerprint density at radius 2 is 1.65 bits per heavy atom. The summed E-state index contributed by atoms with van der Waals surface area (Å²) in [5.41, 5.74) is 2.22. The predicted molar refractivity (Wildman–Crippen MR) is 88.9 cm³/mol. The monoisotopic (exact) mass is 307 g/mol. The number of aromatic nitrogens is 3. The Balaban J connectivity index is 1.72. The van der Waals surface area contributed by atoms with Crippen molar-refractivity contribution in [1.82, 2.24) is 15.0 Å². The lowest BCUT2D eigenvalue weighted by Gasteiger charge is -2.08. The Labute approximate surface area is 133 Å². The molecule has 0 saturated heterocycles. The van der Waals surface area contributed by atoms with Crippen molar-refractivity contribution in [3.63, 3.8) is 0 Å². The largest absolute Gasteiger partial charge is 0.507 e. The van der Waals surface area contributed by atoms with E-state index in [4.69, 9.17) is 0 Å². The number of nitrogens with zero attached hydrogens (tertiary/aromatic N) is 3. The molecule has 3 rings (SSSR count). The van der Waals surface area contributed by atoms with E-state index in [1.54, 1.807) is 16.9 Å². The summed E-state index contributed by atoms with van der Waals surface area (Å²) >= 11 is 0. The fourth-order valence-corrected chi connectivity index (χ4v) is 2.35. The Morgan fingerprint density at radius 1 is 1.09 bits per heavy atom. The van der Waals surface area contributed by atoms with E-state index in [0.29, 0.717) is 5.56 Å². The van der Waals surface area contributed by atoms with Gasteiger partial charge in [-0.25, -0.2) is 0 Å². The summed E-state index contributed by atoms with van der Waals surface area (Å²) in [6, 6.07) is 16.4. The first-order valence-electron chi connectivity index (χ1n) is 7.44. The first-order chi connectivity index (χ1) is 11.1. The van der Waals surface area contributed by atoms with Gasteiger partial charge in [0.15, 0.2) is 5.78 Å². The molecule has 1 heterocycles. The number of carbonyl (C=O) groups is 1. The molecule has 0 spiro atoms. The highest BCUT2D eigenvalue weighted by Crippen LogP contribution is 2.16. The quantitative estimate of drug-likeness (QED) is 0.578. The van der Waals surface area contributed by atoms with Crippen LogP contribution >= 0.6 is 0 Å². The van der Waals surface area contributed by atoms with Crippen LogP contribution in [0.15, 0.2) is 60.7 Å². The van der Waals surface area contributed by atoms with E-state index in [9.17, 15) is 9.90 Å². The molecule has 23 heavy (non-hydrogen) atoms. The first-order valence-corrected chi connectivity index (χ1v) is 7.44. The molecular weight excluding hydrogens is 290 g/mol. The maximum absolute atomic E-state index is 12.1. The fourth-order valence-electron chi connectivity index (χ4n) is 2.35. The zero-order valence-electron chi connectivity index (χ0n) is 12.8. The van der Waals surface area contributed by atoms with E-state index in [2.05, 4.69) is 10.2 Å². The van der Waals surface area contributed by atoms with Crippen molar-refractivity contribution in [3.8, 4) is 0 Å². The Bertz CT molecular complexity index is 820. The molecule has 0 amide bonds. The van der Waals surface area contributed by atoms with Crippen LogP contribution in [0.5, 0.6) is 0 Å². The van der Waals surface area contributed by atoms with Crippen LogP contribution in [0.2, 0.25) is 0 Å². The van der Waals surface area contributed by atoms with Gasteiger partial charge in [0.25, 0.3) is 0 Å². The second kappa shape index (κ2) is 6.44. The second-order valence-electron chi connectivity index (χ2n) is 5.42. The molecule has 116 valence electrons. The molecule has 0 fully saturated rings. The van der Waals surface area contributed by atoms with Crippen LogP contribution in [0.4, 0.5) is 0 Å². The summed E-state index contributed by atoms with van der Waals surface area (Å²) < 4.78 is 0. The number of rotatable bonds is 5. The van der Waals surface area contributed by atoms with E-state index >= 15 is 0 Å². The highest BCUT2D eigenvalue weighted by Gasteiger charge is 2.13. The highest BCUT2D eigenvalue weighted by atomic mass is 16.3. The van der Waals surface area contributed by atoms with E-state index in [-0.39, 0.29) is 24.0 Å². The van der Waals surface area contributed by atoms with E-state index < -0.39 is 0 Å². The van der Waals surface area contributed by atoms with Gasteiger partial charge in [0.1, 0.15) is 16.8 Å². The summed E-state index contributed by atoms with van der Waals surface area (Å²) in [6.45, 7) is 1.88. The van der Waals surface area contributed by atoms with Crippen LogP contribution in [0.3, 0.4) is 0 Å². The average molecular weight is 307 g/mol. The number of benzene rings is 2. The summed E-state index contributed by atoms with van der Waals surface area (Å²) in [5.74, 6) is -0.193. The number of ketones is 1. The highest BCUT2D eigenvalue weighted by molar-refractivity contribution is 5.95. The van der Waals surface area contributed by atoms with Crippen molar-refractivity contribution < 1.29 is 9.90 Å². The van der Waals surface area contributed by atoms with Crippen molar-refractivity contribution in [2.75, 3.05) is 0 Å². The van der Waals surface area contributed by atoms with E-state index in [1.807, 2.05) is 49.4 Å². The summed E-state index contributed by atoms with van der Waals surface area (Å²) in [7, 11) is 0. The molecule has 1 N–H and O–H groups in total. The molecule has 0 saturated carbocycles. The molecule has 1 atom stereocenters. The number of hydrogen-bond acceptors (Lipinski definition) is 4. The number of fused-ring (bicyclic) bond motifs is 1. The molecule has 0 aliphatic heterocycles. The second-order valence-corrected chi connectivity index (χ2v) is 5.42. The molecule has 3 aromatic rings. The lowest BCUT2D eigenvalue weighted by Crippen LogP contribution is -2.12. The molecule has 0 radical (unpaired) electrons. The van der Waals surface area contributed by atoms with Crippen LogP contribution in [0.25, 0.3) is 16.8 Å². The molecule has 0 aliphatic carbocycles. The molecule has 5 heteroatoms. The van der Waals surface area contributed by atoms with Crippen molar-refractivity contribution in [2.45, 2.75) is 19.4 Å². The van der Waals surface area contributed by atoms with Gasteiger partial charge in [-0.15, -0.1) is 0 Å². The number of hydrogen-bond donors (Lipinski definition) is 1. The summed E-state index contributed by atoms with van der Waals surface area (Å²) in [6.07, 6.45) is 1.48. The molecule has 5 nitrogen and oxygen atoms in total. The third kappa shape index (κ3) is 3.45. The number of allylic oxidation sites excluding steroid dienone is 1. The minimum atomic E-state index is -0.185. The van der Waals surface area contributed by atoms with Gasteiger partial charge in [-0.3, -0.25) is 4.79 Å². The maximum atomic E-state index is 12.1. The van der Waals surface area contributed by atoms with Crippen LogP contribution in [0.1, 0.15) is 24.9 Å². The molecule has 0 bridgehead atoms. The topological polar surface area (TPSA) is 68.0 Å². The van der Waals surface area contributed by atoms with Gasteiger partial charge >= 0.3 is 0 Å². The van der Waals surface area contributed by atoms with Crippen molar-refractivity contribution in [3.05, 3.63) is 66.2 Å². The van der Waals surface area contributed by atoms with Crippen LogP contribution in [-0.4, -0.2) is 25.9 Å². The van der Waals surface area contributed by atoms with E-state index in [1.165, 1.54) is 6.08 Å². The Morgan fingerprint density at radius 3 is 2.26 bits per heavy atom. The van der Waals surface area contributed by atoms with Crippen molar-refractivity contribution in [1.29, 1.82) is 0 Å². The van der Waals surface area contributed by atoms with Gasteiger partial charge < -0.3 is 5.11 Å². The minimum absolute atomic E-state index is 0.0265. The zero-order chi connectivity index (χ0) is 16.2. The lowest BCUT2D eigenvalue weighted by atomic mass is 10.1. The number of carbonyl (C=O) groups excluding carboxylic acids is 1. The number of aliphatic hydroxyl groups is 1. The molecule has 1 aromatic heterocycles. The van der Waals surface area contributed by atoms with Gasteiger partial charge in [-0.1, -0.05) is 42.5 Å². The summed E-state index contributed by atoms with van der Waals surface area (Å²) in [4.78, 5) is 13.7. The standard InChI is InChI=1S/C18H17N3O2/c1-13(21-19-16-9-5-6-10-17(16)20-21)11-15(22)12-18(23)14-7-3-2-4-8-14/h2-10,12-13,23H,11H2,1H3/b18-12-. The van der Waals surface area contributed by atoms with Crippen LogP contribution in [-0.2, 0) is 4.79 Å². The predicted octanol–water partition coefficient (Wildman–Crippen LogP) is 3.55. The zero-order valence-corrected chi connectivity index (χ0v) is 12.8. The van der Waals surface area contributed by atoms with Crippen molar-refractivity contribution in [2.24, 2.45) is 0 Å². The van der Waals surface area contributed by atoms with E-state index in [0.717, 1.165) is 11.0 Å². The molecular formula is C18H17N3O2. The van der Waals surface area contributed by atoms with Crippen LogP contribution in [0, 0.1) is 0 Å². The SMILES string of the molecule is CC(CC(=O)/C=C(\O)c1ccccc1)n1nc2ccccc2n1. The number of aliphatic hydroxyl groups excluding tert-OH is 1. The van der Waals surface area contributed by atoms with Gasteiger partial charge in [-0.05, 0) is 19.1 Å². The lowest BCUT2D eigenvalue weighted by molar-refractivity contribution is -0.115. The Kier molecular flexibility index (Phi) is 4.19. The van der Waals surface area contributed by atoms with Crippen LogP contribution < -0.4 is 0 Å². The van der Waals surface area contributed by atoms with Crippen molar-refractivity contribution >= 4 is 22.6 Å². The average Bonchev–Trinajstić information content (AvgIpc) is 2.99. The van der Waals surface area contributed by atoms with Gasteiger partial charge in [-0.2, -0.15) is 15.0 Å². The smallest absolute Gasteiger partial charge is 0.161 e. The fraction of sp³-hybridized carbons (Fsp3) is 0.167. The third-order valence-electron chi connectivity index (χ3n) is 3.56. The molecule has 2 aromatic carbocycles. The minimum Gasteiger partial charge on any atom is -0.507 e. The summed E-state index contributed by atoms with van der Waals surface area (Å²) in [5, 5.41) is 18.7.